The number of aryl methyl sites for hydroxylation is 1. The van der Waals surface area contributed by atoms with Gasteiger partial charge in [-0.05, 0) is 31.6 Å². The molecule has 0 bridgehead atoms. The van der Waals surface area contributed by atoms with Crippen LogP contribution in [0.3, 0.4) is 0 Å². The maximum atomic E-state index is 12.3. The van der Waals surface area contributed by atoms with Crippen LogP contribution in [0.15, 0.2) is 6.20 Å². The number of carbonyl (C=O) groups is 1. The first-order valence-electron chi connectivity index (χ1n) is 8.31. The molecule has 0 unspecified atom stereocenters. The molecule has 22 heavy (non-hydrogen) atoms. The summed E-state index contributed by atoms with van der Waals surface area (Å²) < 4.78 is 0. The van der Waals surface area contributed by atoms with Crippen LogP contribution in [-0.4, -0.2) is 53.5 Å². The Balaban J connectivity index is 1.42. The van der Waals surface area contributed by atoms with E-state index >= 15 is 0 Å². The molecule has 1 atom stereocenters. The summed E-state index contributed by atoms with van der Waals surface area (Å²) in [6, 6.07) is 0.322. The topological polar surface area (TPSA) is 48.5 Å². The molecule has 1 aliphatic carbocycles. The van der Waals surface area contributed by atoms with Crippen molar-refractivity contribution in [3.8, 4) is 0 Å². The second-order valence-electron chi connectivity index (χ2n) is 6.57. The average Bonchev–Trinajstić information content (AvgIpc) is 3.01. The average molecular weight is 322 g/mol. The minimum absolute atomic E-state index is 0.0199. The lowest BCUT2D eigenvalue weighted by Gasteiger charge is -2.21. The van der Waals surface area contributed by atoms with Gasteiger partial charge in [0.05, 0.1) is 6.54 Å². The van der Waals surface area contributed by atoms with E-state index in [-0.39, 0.29) is 6.03 Å². The number of carbonyl (C=O) groups excluding carboxylic acids is 1. The Morgan fingerprint density at radius 1 is 1.50 bits per heavy atom. The number of hydrogen-bond donors (Lipinski definition) is 1. The van der Waals surface area contributed by atoms with Gasteiger partial charge in [-0.25, -0.2) is 9.78 Å². The monoisotopic (exact) mass is 322 g/mol. The highest BCUT2D eigenvalue weighted by molar-refractivity contribution is 7.11. The lowest BCUT2D eigenvalue weighted by atomic mass is 10.3. The number of nitrogens with zero attached hydrogens (tertiary/aromatic N) is 3. The second kappa shape index (κ2) is 6.96. The standard InChI is InChI=1S/C16H26N4OS/c1-3-14-8-17-15(22-14)11-19(2)16(21)18-13-6-7-20(10-13)9-12-4-5-12/h8,12-13H,3-7,9-11H2,1-2H3,(H,18,21)/t13-/m1/s1. The number of likely N-dealkylation sites (tertiary alicyclic amines) is 1. The molecule has 1 saturated carbocycles. The molecule has 2 amide bonds. The zero-order chi connectivity index (χ0) is 15.5. The number of amides is 2. The van der Waals surface area contributed by atoms with Crippen molar-refractivity contribution >= 4 is 17.4 Å². The predicted octanol–water partition coefficient (Wildman–Crippen LogP) is 2.33. The molecule has 2 aliphatic rings. The molecule has 1 aromatic rings. The molecule has 1 saturated heterocycles. The molecule has 6 heteroatoms. The summed E-state index contributed by atoms with van der Waals surface area (Å²) in [4.78, 5) is 22.2. The van der Waals surface area contributed by atoms with Crippen molar-refractivity contribution < 1.29 is 4.79 Å². The van der Waals surface area contributed by atoms with E-state index in [2.05, 4.69) is 22.1 Å². The zero-order valence-electron chi connectivity index (χ0n) is 13.5. The summed E-state index contributed by atoms with van der Waals surface area (Å²) in [6.45, 7) is 6.07. The summed E-state index contributed by atoms with van der Waals surface area (Å²) in [7, 11) is 1.85. The molecule has 2 fully saturated rings. The van der Waals surface area contributed by atoms with Gasteiger partial charge in [0.15, 0.2) is 0 Å². The van der Waals surface area contributed by atoms with Gasteiger partial charge in [0.1, 0.15) is 5.01 Å². The van der Waals surface area contributed by atoms with Crippen molar-refractivity contribution in [3.63, 3.8) is 0 Å². The molecule has 0 spiro atoms. The third-order valence-corrected chi connectivity index (χ3v) is 5.61. The lowest BCUT2D eigenvalue weighted by molar-refractivity contribution is 0.202. The molecule has 1 aliphatic heterocycles. The van der Waals surface area contributed by atoms with Crippen molar-refractivity contribution in [3.05, 3.63) is 16.1 Å². The molecule has 122 valence electrons. The fraction of sp³-hybridized carbons (Fsp3) is 0.750. The van der Waals surface area contributed by atoms with E-state index in [1.165, 1.54) is 24.3 Å². The number of nitrogens with one attached hydrogen (secondary N) is 1. The molecular formula is C16H26N4OS. The molecule has 5 nitrogen and oxygen atoms in total. The first-order valence-corrected chi connectivity index (χ1v) is 9.13. The van der Waals surface area contributed by atoms with Gasteiger partial charge in [-0.3, -0.25) is 0 Å². The Hall–Kier alpha value is -1.14. The van der Waals surface area contributed by atoms with Crippen molar-refractivity contribution in [1.29, 1.82) is 0 Å². The largest absolute Gasteiger partial charge is 0.334 e. The van der Waals surface area contributed by atoms with Gasteiger partial charge in [0.2, 0.25) is 0 Å². The number of urea groups is 1. The third-order valence-electron chi connectivity index (χ3n) is 4.48. The molecule has 1 aromatic heterocycles. The minimum Gasteiger partial charge on any atom is -0.334 e. The quantitative estimate of drug-likeness (QED) is 0.874. The first kappa shape index (κ1) is 15.7. The van der Waals surface area contributed by atoms with Crippen LogP contribution in [0.25, 0.3) is 0 Å². The molecule has 1 N–H and O–H groups in total. The number of thiazole rings is 1. The predicted molar refractivity (Wildman–Crippen MR) is 89.1 cm³/mol. The van der Waals surface area contributed by atoms with E-state index in [1.54, 1.807) is 16.2 Å². The Kier molecular flexibility index (Phi) is 4.98. The SMILES string of the molecule is CCc1cnc(CN(C)C(=O)N[C@@H]2CCN(CC3CC3)C2)s1. The lowest BCUT2D eigenvalue weighted by Crippen LogP contribution is -2.44. The van der Waals surface area contributed by atoms with E-state index in [0.29, 0.717) is 12.6 Å². The number of rotatable bonds is 6. The van der Waals surface area contributed by atoms with Crippen LogP contribution in [0.5, 0.6) is 0 Å². The van der Waals surface area contributed by atoms with Crippen LogP contribution in [0.4, 0.5) is 4.79 Å². The van der Waals surface area contributed by atoms with E-state index in [4.69, 9.17) is 0 Å². The number of hydrogen-bond acceptors (Lipinski definition) is 4. The van der Waals surface area contributed by atoms with Gasteiger partial charge in [0, 0.05) is 43.8 Å². The molecule has 0 aromatic carbocycles. The van der Waals surface area contributed by atoms with Crippen LogP contribution in [0.1, 0.15) is 36.1 Å². The van der Waals surface area contributed by atoms with Crippen LogP contribution in [-0.2, 0) is 13.0 Å². The Labute approximate surface area is 136 Å². The van der Waals surface area contributed by atoms with Gasteiger partial charge < -0.3 is 15.1 Å². The van der Waals surface area contributed by atoms with Crippen molar-refractivity contribution in [2.75, 3.05) is 26.7 Å². The maximum absolute atomic E-state index is 12.3. The summed E-state index contributed by atoms with van der Waals surface area (Å²) >= 11 is 1.69. The first-order chi connectivity index (χ1) is 10.6. The fourth-order valence-corrected chi connectivity index (χ4v) is 3.84. The Morgan fingerprint density at radius 2 is 2.32 bits per heavy atom. The van der Waals surface area contributed by atoms with E-state index < -0.39 is 0 Å². The molecule has 2 heterocycles. The Bertz CT molecular complexity index is 514. The fourth-order valence-electron chi connectivity index (χ4n) is 2.93. The highest BCUT2D eigenvalue weighted by atomic mass is 32.1. The van der Waals surface area contributed by atoms with Crippen molar-refractivity contribution in [2.45, 2.75) is 45.2 Å². The summed E-state index contributed by atoms with van der Waals surface area (Å²) in [5, 5.41) is 4.18. The van der Waals surface area contributed by atoms with Gasteiger partial charge in [-0.15, -0.1) is 11.3 Å². The molecular weight excluding hydrogens is 296 g/mol. The summed E-state index contributed by atoms with van der Waals surface area (Å²) in [5.74, 6) is 0.926. The van der Waals surface area contributed by atoms with E-state index in [1.807, 2.05) is 13.2 Å². The molecule has 0 radical (unpaired) electrons. The van der Waals surface area contributed by atoms with Gasteiger partial charge >= 0.3 is 6.03 Å². The van der Waals surface area contributed by atoms with Gasteiger partial charge in [0.25, 0.3) is 0 Å². The van der Waals surface area contributed by atoms with Crippen LogP contribution >= 0.6 is 11.3 Å². The Morgan fingerprint density at radius 3 is 3.00 bits per heavy atom. The molecule has 3 rings (SSSR count). The third kappa shape index (κ3) is 4.20. The second-order valence-corrected chi connectivity index (χ2v) is 7.77. The van der Waals surface area contributed by atoms with Crippen molar-refractivity contribution in [2.24, 2.45) is 5.92 Å². The van der Waals surface area contributed by atoms with Crippen LogP contribution in [0, 0.1) is 5.92 Å². The normalized spacial score (nSPS) is 22.0. The van der Waals surface area contributed by atoms with Crippen molar-refractivity contribution in [1.82, 2.24) is 20.1 Å². The minimum atomic E-state index is 0.0199. The summed E-state index contributed by atoms with van der Waals surface area (Å²) in [5.41, 5.74) is 0. The zero-order valence-corrected chi connectivity index (χ0v) is 14.4. The number of aromatic nitrogens is 1. The maximum Gasteiger partial charge on any atom is 0.317 e. The highest BCUT2D eigenvalue weighted by Crippen LogP contribution is 2.30. The van der Waals surface area contributed by atoms with E-state index in [9.17, 15) is 4.79 Å². The van der Waals surface area contributed by atoms with Gasteiger partial charge in [-0.1, -0.05) is 6.92 Å². The van der Waals surface area contributed by atoms with Crippen LogP contribution < -0.4 is 5.32 Å². The highest BCUT2D eigenvalue weighted by Gasteiger charge is 2.30. The van der Waals surface area contributed by atoms with Crippen LogP contribution in [0.2, 0.25) is 0 Å². The smallest absolute Gasteiger partial charge is 0.317 e. The summed E-state index contributed by atoms with van der Waals surface area (Å²) in [6.07, 6.45) is 6.78. The van der Waals surface area contributed by atoms with E-state index in [0.717, 1.165) is 36.9 Å². The van der Waals surface area contributed by atoms with Gasteiger partial charge in [-0.2, -0.15) is 0 Å².